The minimum Gasteiger partial charge on any atom is -0.384 e. The standard InChI is InChI=1S/C16H22F2O/c1-12(15(17)18)16(19,13-8-4-2-5-9-13)14-10-6-3-7-11-14/h2,4-5,8-9,12,14-15,19H,3,6-7,10-11H2,1H3. The molecule has 0 bridgehead atoms. The molecule has 0 saturated heterocycles. The van der Waals surface area contributed by atoms with Gasteiger partial charge < -0.3 is 5.11 Å². The Kier molecular flexibility index (Phi) is 4.56. The number of hydrogen-bond donors (Lipinski definition) is 1. The summed E-state index contributed by atoms with van der Waals surface area (Å²) in [5.41, 5.74) is -0.773. The molecule has 3 heteroatoms. The molecule has 19 heavy (non-hydrogen) atoms. The highest BCUT2D eigenvalue weighted by molar-refractivity contribution is 5.24. The van der Waals surface area contributed by atoms with Gasteiger partial charge in [0.1, 0.15) is 5.60 Å². The first kappa shape index (κ1) is 14.4. The molecule has 0 aromatic heterocycles. The molecule has 0 amide bonds. The Morgan fingerprint density at radius 3 is 2.21 bits per heavy atom. The van der Waals surface area contributed by atoms with Crippen LogP contribution in [-0.4, -0.2) is 11.5 Å². The van der Waals surface area contributed by atoms with E-state index in [0.717, 1.165) is 32.1 Å². The molecule has 1 aromatic rings. The van der Waals surface area contributed by atoms with Gasteiger partial charge in [-0.25, -0.2) is 8.78 Å². The summed E-state index contributed by atoms with van der Waals surface area (Å²) in [7, 11) is 0. The van der Waals surface area contributed by atoms with Crippen molar-refractivity contribution in [2.45, 2.75) is 51.1 Å². The number of alkyl halides is 2. The molecule has 106 valence electrons. The number of benzene rings is 1. The molecule has 0 radical (unpaired) electrons. The molecular formula is C16H22F2O. The van der Waals surface area contributed by atoms with Gasteiger partial charge in [-0.2, -0.15) is 0 Å². The van der Waals surface area contributed by atoms with Crippen molar-refractivity contribution in [3.63, 3.8) is 0 Å². The third-order valence-corrected chi connectivity index (χ3v) is 4.54. The second-order valence-corrected chi connectivity index (χ2v) is 5.65. The van der Waals surface area contributed by atoms with Gasteiger partial charge in [0, 0.05) is 0 Å². The number of aliphatic hydroxyl groups is 1. The summed E-state index contributed by atoms with van der Waals surface area (Å²) in [6.07, 6.45) is 2.35. The Morgan fingerprint density at radius 1 is 1.11 bits per heavy atom. The van der Waals surface area contributed by atoms with Crippen LogP contribution < -0.4 is 0 Å². The second kappa shape index (κ2) is 6.00. The first-order valence-corrected chi connectivity index (χ1v) is 7.13. The summed E-state index contributed by atoms with van der Waals surface area (Å²) in [4.78, 5) is 0. The first-order valence-electron chi connectivity index (χ1n) is 7.13. The maximum Gasteiger partial charge on any atom is 0.244 e. The molecule has 1 saturated carbocycles. The van der Waals surface area contributed by atoms with Crippen LogP contribution in [0.5, 0.6) is 0 Å². The van der Waals surface area contributed by atoms with Crippen LogP contribution >= 0.6 is 0 Å². The van der Waals surface area contributed by atoms with E-state index in [9.17, 15) is 13.9 Å². The maximum atomic E-state index is 13.2. The van der Waals surface area contributed by atoms with Gasteiger partial charge >= 0.3 is 0 Å². The topological polar surface area (TPSA) is 20.2 Å². The quantitative estimate of drug-likeness (QED) is 0.860. The molecule has 0 aliphatic heterocycles. The van der Waals surface area contributed by atoms with Crippen LogP contribution in [0.25, 0.3) is 0 Å². The van der Waals surface area contributed by atoms with Gasteiger partial charge in [-0.05, 0) is 24.3 Å². The van der Waals surface area contributed by atoms with Crippen molar-refractivity contribution in [2.24, 2.45) is 11.8 Å². The molecule has 1 fully saturated rings. The predicted octanol–water partition coefficient (Wildman–Crippen LogP) is 4.36. The van der Waals surface area contributed by atoms with Crippen LogP contribution in [0, 0.1) is 11.8 Å². The van der Waals surface area contributed by atoms with Gasteiger partial charge in [0.15, 0.2) is 0 Å². The van der Waals surface area contributed by atoms with E-state index in [1.54, 1.807) is 24.3 Å². The summed E-state index contributed by atoms with van der Waals surface area (Å²) in [6, 6.07) is 9.00. The number of rotatable bonds is 4. The molecule has 2 atom stereocenters. The molecular weight excluding hydrogens is 246 g/mol. The SMILES string of the molecule is CC(C(F)F)C(O)(c1ccccc1)C1CCCCC1. The summed E-state index contributed by atoms with van der Waals surface area (Å²) in [5, 5.41) is 11.1. The van der Waals surface area contributed by atoms with E-state index < -0.39 is 17.9 Å². The first-order chi connectivity index (χ1) is 9.06. The molecule has 2 rings (SSSR count). The van der Waals surface area contributed by atoms with Crippen LogP contribution in [0.2, 0.25) is 0 Å². The van der Waals surface area contributed by atoms with Gasteiger partial charge in [0.2, 0.25) is 6.43 Å². The molecule has 1 nitrogen and oxygen atoms in total. The lowest BCUT2D eigenvalue weighted by Gasteiger charge is -2.43. The zero-order chi connectivity index (χ0) is 13.9. The van der Waals surface area contributed by atoms with Gasteiger partial charge in [0.05, 0.1) is 5.92 Å². The van der Waals surface area contributed by atoms with Crippen LogP contribution in [0.3, 0.4) is 0 Å². The van der Waals surface area contributed by atoms with E-state index in [-0.39, 0.29) is 5.92 Å². The molecule has 0 spiro atoms. The zero-order valence-electron chi connectivity index (χ0n) is 11.4. The summed E-state index contributed by atoms with van der Waals surface area (Å²) in [5.74, 6) is -1.11. The monoisotopic (exact) mass is 268 g/mol. The van der Waals surface area contributed by atoms with Gasteiger partial charge in [-0.1, -0.05) is 56.5 Å². The van der Waals surface area contributed by atoms with Crippen LogP contribution in [0.15, 0.2) is 30.3 Å². The molecule has 1 aliphatic rings. The number of halogens is 2. The highest BCUT2D eigenvalue weighted by Crippen LogP contribution is 2.45. The lowest BCUT2D eigenvalue weighted by molar-refractivity contribution is -0.128. The Morgan fingerprint density at radius 2 is 1.68 bits per heavy atom. The van der Waals surface area contributed by atoms with Crippen LogP contribution in [0.4, 0.5) is 8.78 Å². The third kappa shape index (κ3) is 2.81. The normalized spacial score (nSPS) is 22.2. The average Bonchev–Trinajstić information content (AvgIpc) is 2.47. The lowest BCUT2D eigenvalue weighted by Crippen LogP contribution is -2.45. The fraction of sp³-hybridized carbons (Fsp3) is 0.625. The Labute approximate surface area is 113 Å². The van der Waals surface area contributed by atoms with Gasteiger partial charge in [-0.3, -0.25) is 0 Å². The summed E-state index contributed by atoms with van der Waals surface area (Å²) in [6.45, 7) is 1.46. The van der Waals surface area contributed by atoms with E-state index in [2.05, 4.69) is 0 Å². The van der Waals surface area contributed by atoms with Crippen molar-refractivity contribution in [1.82, 2.24) is 0 Å². The van der Waals surface area contributed by atoms with Crippen molar-refractivity contribution >= 4 is 0 Å². The Hall–Kier alpha value is -0.960. The van der Waals surface area contributed by atoms with Crippen molar-refractivity contribution in [3.8, 4) is 0 Å². The molecule has 2 unspecified atom stereocenters. The van der Waals surface area contributed by atoms with E-state index in [0.29, 0.717) is 5.56 Å². The third-order valence-electron chi connectivity index (χ3n) is 4.54. The smallest absolute Gasteiger partial charge is 0.244 e. The average molecular weight is 268 g/mol. The molecule has 1 aliphatic carbocycles. The van der Waals surface area contributed by atoms with Crippen molar-refractivity contribution in [2.75, 3.05) is 0 Å². The second-order valence-electron chi connectivity index (χ2n) is 5.65. The van der Waals surface area contributed by atoms with E-state index >= 15 is 0 Å². The largest absolute Gasteiger partial charge is 0.384 e. The minimum absolute atomic E-state index is 0.0624. The van der Waals surface area contributed by atoms with Gasteiger partial charge in [0.25, 0.3) is 0 Å². The fourth-order valence-electron chi connectivity index (χ4n) is 3.31. The summed E-state index contributed by atoms with van der Waals surface area (Å²) < 4.78 is 26.4. The van der Waals surface area contributed by atoms with Crippen LogP contribution in [0.1, 0.15) is 44.6 Å². The van der Waals surface area contributed by atoms with E-state index in [1.807, 2.05) is 6.07 Å². The van der Waals surface area contributed by atoms with Crippen molar-refractivity contribution < 1.29 is 13.9 Å². The van der Waals surface area contributed by atoms with E-state index in [1.165, 1.54) is 6.92 Å². The highest BCUT2D eigenvalue weighted by atomic mass is 19.3. The summed E-state index contributed by atoms with van der Waals surface area (Å²) >= 11 is 0. The molecule has 1 aromatic carbocycles. The van der Waals surface area contributed by atoms with Crippen molar-refractivity contribution in [1.29, 1.82) is 0 Å². The molecule has 1 N–H and O–H groups in total. The van der Waals surface area contributed by atoms with E-state index in [4.69, 9.17) is 0 Å². The van der Waals surface area contributed by atoms with Crippen LogP contribution in [-0.2, 0) is 5.60 Å². The number of hydrogen-bond acceptors (Lipinski definition) is 1. The van der Waals surface area contributed by atoms with Crippen molar-refractivity contribution in [3.05, 3.63) is 35.9 Å². The Bertz CT molecular complexity index is 387. The lowest BCUT2D eigenvalue weighted by atomic mass is 9.67. The molecule has 0 heterocycles. The fourth-order valence-corrected chi connectivity index (χ4v) is 3.31. The Balaban J connectivity index is 2.37. The predicted molar refractivity (Wildman–Crippen MR) is 72.1 cm³/mol. The maximum absolute atomic E-state index is 13.2. The zero-order valence-corrected chi connectivity index (χ0v) is 11.4. The highest BCUT2D eigenvalue weighted by Gasteiger charge is 2.46. The van der Waals surface area contributed by atoms with Gasteiger partial charge in [-0.15, -0.1) is 0 Å². The minimum atomic E-state index is -2.51.